The highest BCUT2D eigenvalue weighted by Crippen LogP contribution is 2.21. The Hall–Kier alpha value is -3.41. The molecule has 1 saturated carbocycles. The largest absolute Gasteiger partial charge is 0.423 e. The Balaban J connectivity index is 1.40. The second-order valence-electron chi connectivity index (χ2n) is 6.57. The lowest BCUT2D eigenvalue weighted by atomic mass is 10.1. The molecule has 3 aromatic rings. The summed E-state index contributed by atoms with van der Waals surface area (Å²) in [4.78, 5) is 24.5. The van der Waals surface area contributed by atoms with Crippen molar-refractivity contribution in [3.8, 4) is 5.75 Å². The van der Waals surface area contributed by atoms with Gasteiger partial charge in [-0.2, -0.15) is 5.10 Å². The fourth-order valence-electron chi connectivity index (χ4n) is 2.69. The number of carbonyl (C=O) groups is 2. The topological polar surface area (TPSA) is 73.2 Å². The number of hydrogen-bond donors (Lipinski definition) is 1. The van der Waals surface area contributed by atoms with Crippen LogP contribution in [0.15, 0.2) is 67.0 Å². The molecule has 0 atom stereocenters. The number of amides is 1. The zero-order valence-electron chi connectivity index (χ0n) is 14.7. The van der Waals surface area contributed by atoms with Gasteiger partial charge >= 0.3 is 5.97 Å². The molecule has 0 saturated heterocycles. The van der Waals surface area contributed by atoms with Crippen LogP contribution in [0.1, 0.15) is 39.1 Å². The minimum Gasteiger partial charge on any atom is -0.423 e. The average molecular weight is 361 g/mol. The minimum absolute atomic E-state index is 0.140. The van der Waals surface area contributed by atoms with E-state index in [-0.39, 0.29) is 11.9 Å². The Morgan fingerprint density at radius 2 is 1.89 bits per heavy atom. The molecular formula is C21H19N3O3. The number of aromatic nitrogens is 2. The molecule has 1 aliphatic carbocycles. The first-order chi connectivity index (χ1) is 13.2. The van der Waals surface area contributed by atoms with Gasteiger partial charge in [0, 0.05) is 24.0 Å². The minimum atomic E-state index is -0.458. The van der Waals surface area contributed by atoms with Crippen LogP contribution in [0.25, 0.3) is 0 Å². The molecule has 136 valence electrons. The van der Waals surface area contributed by atoms with E-state index in [1.54, 1.807) is 42.6 Å². The van der Waals surface area contributed by atoms with Crippen LogP contribution in [0, 0.1) is 0 Å². The first kappa shape index (κ1) is 17.0. The van der Waals surface area contributed by atoms with E-state index in [0.29, 0.717) is 23.4 Å². The molecule has 1 fully saturated rings. The maximum Gasteiger partial charge on any atom is 0.343 e. The molecular weight excluding hydrogens is 342 g/mol. The van der Waals surface area contributed by atoms with Crippen molar-refractivity contribution in [1.29, 1.82) is 0 Å². The highest BCUT2D eigenvalue weighted by Gasteiger charge is 2.24. The molecule has 4 rings (SSSR count). The van der Waals surface area contributed by atoms with Gasteiger partial charge in [0.25, 0.3) is 5.91 Å². The highest BCUT2D eigenvalue weighted by atomic mass is 16.5. The lowest BCUT2D eigenvalue weighted by molar-refractivity contribution is 0.0733. The van der Waals surface area contributed by atoms with Crippen molar-refractivity contribution in [2.45, 2.75) is 25.4 Å². The second kappa shape index (κ2) is 7.45. The maximum absolute atomic E-state index is 12.4. The van der Waals surface area contributed by atoms with Gasteiger partial charge in [-0.1, -0.05) is 18.2 Å². The Labute approximate surface area is 156 Å². The summed E-state index contributed by atoms with van der Waals surface area (Å²) >= 11 is 0. The van der Waals surface area contributed by atoms with Crippen molar-refractivity contribution in [2.24, 2.45) is 0 Å². The third kappa shape index (κ3) is 4.41. The summed E-state index contributed by atoms with van der Waals surface area (Å²) in [5.74, 6) is -0.247. The van der Waals surface area contributed by atoms with Gasteiger partial charge in [-0.25, -0.2) is 4.79 Å². The molecule has 6 nitrogen and oxygen atoms in total. The second-order valence-corrected chi connectivity index (χ2v) is 6.57. The summed E-state index contributed by atoms with van der Waals surface area (Å²) in [5.41, 5.74) is 1.97. The molecule has 2 aromatic carbocycles. The average Bonchev–Trinajstić information content (AvgIpc) is 3.35. The molecule has 0 aliphatic heterocycles. The van der Waals surface area contributed by atoms with Gasteiger partial charge in [-0.15, -0.1) is 0 Å². The van der Waals surface area contributed by atoms with Crippen LogP contribution in [-0.4, -0.2) is 27.7 Å². The van der Waals surface area contributed by atoms with Crippen molar-refractivity contribution in [2.75, 3.05) is 0 Å². The molecule has 1 amide bonds. The van der Waals surface area contributed by atoms with E-state index in [1.807, 2.05) is 29.1 Å². The summed E-state index contributed by atoms with van der Waals surface area (Å²) in [7, 11) is 0. The number of ether oxygens (including phenoxy) is 1. The molecule has 0 bridgehead atoms. The molecule has 0 spiro atoms. The van der Waals surface area contributed by atoms with Gasteiger partial charge in [-0.05, 0) is 54.8 Å². The van der Waals surface area contributed by atoms with Crippen LogP contribution in [0.5, 0.6) is 5.75 Å². The van der Waals surface area contributed by atoms with Crippen molar-refractivity contribution in [3.05, 3.63) is 83.7 Å². The van der Waals surface area contributed by atoms with Crippen LogP contribution in [0.3, 0.4) is 0 Å². The van der Waals surface area contributed by atoms with Crippen LogP contribution in [-0.2, 0) is 6.54 Å². The van der Waals surface area contributed by atoms with Gasteiger partial charge in [0.15, 0.2) is 0 Å². The van der Waals surface area contributed by atoms with E-state index in [0.717, 1.165) is 18.4 Å². The molecule has 1 aromatic heterocycles. The summed E-state index contributed by atoms with van der Waals surface area (Å²) in [5, 5.41) is 7.08. The normalized spacial score (nSPS) is 13.2. The molecule has 1 aliphatic rings. The van der Waals surface area contributed by atoms with Crippen molar-refractivity contribution in [3.63, 3.8) is 0 Å². The maximum atomic E-state index is 12.4. The molecule has 0 unspecified atom stereocenters. The van der Waals surface area contributed by atoms with E-state index in [4.69, 9.17) is 4.74 Å². The van der Waals surface area contributed by atoms with E-state index >= 15 is 0 Å². The van der Waals surface area contributed by atoms with Crippen LogP contribution in [0.2, 0.25) is 0 Å². The van der Waals surface area contributed by atoms with E-state index in [2.05, 4.69) is 10.4 Å². The van der Waals surface area contributed by atoms with Crippen LogP contribution in [0.4, 0.5) is 0 Å². The fraction of sp³-hybridized carbons (Fsp3) is 0.190. The first-order valence-electron chi connectivity index (χ1n) is 8.87. The lowest BCUT2D eigenvalue weighted by Crippen LogP contribution is -2.25. The molecule has 0 radical (unpaired) electrons. The molecule has 1 N–H and O–H groups in total. The smallest absolute Gasteiger partial charge is 0.343 e. The number of benzene rings is 2. The molecule has 6 heteroatoms. The van der Waals surface area contributed by atoms with E-state index in [1.165, 1.54) is 0 Å². The van der Waals surface area contributed by atoms with Gasteiger partial charge in [-0.3, -0.25) is 9.48 Å². The number of carbonyl (C=O) groups excluding carboxylic acids is 2. The summed E-state index contributed by atoms with van der Waals surface area (Å²) in [6, 6.07) is 16.0. The number of rotatable bonds is 6. The van der Waals surface area contributed by atoms with Gasteiger partial charge < -0.3 is 10.1 Å². The Morgan fingerprint density at radius 3 is 2.59 bits per heavy atom. The van der Waals surface area contributed by atoms with Crippen molar-refractivity contribution < 1.29 is 14.3 Å². The zero-order valence-corrected chi connectivity index (χ0v) is 14.7. The number of nitrogens with zero attached hydrogens (tertiary/aromatic N) is 2. The van der Waals surface area contributed by atoms with Gasteiger partial charge in [0.2, 0.25) is 0 Å². The Bertz CT molecular complexity index is 945. The monoisotopic (exact) mass is 361 g/mol. The van der Waals surface area contributed by atoms with E-state index < -0.39 is 5.97 Å². The zero-order chi connectivity index (χ0) is 18.6. The fourth-order valence-corrected chi connectivity index (χ4v) is 2.69. The number of esters is 1. The third-order valence-electron chi connectivity index (χ3n) is 4.31. The summed E-state index contributed by atoms with van der Waals surface area (Å²) < 4.78 is 7.23. The van der Waals surface area contributed by atoms with E-state index in [9.17, 15) is 9.59 Å². The van der Waals surface area contributed by atoms with Crippen LogP contribution < -0.4 is 10.1 Å². The highest BCUT2D eigenvalue weighted by molar-refractivity contribution is 5.95. The first-order valence-corrected chi connectivity index (χ1v) is 8.87. The predicted octanol–water partition coefficient (Wildman–Crippen LogP) is 3.04. The third-order valence-corrected chi connectivity index (χ3v) is 4.31. The summed E-state index contributed by atoms with van der Waals surface area (Å²) in [6.07, 6.45) is 5.66. The Kier molecular flexibility index (Phi) is 4.70. The molecule has 27 heavy (non-hydrogen) atoms. The standard InChI is InChI=1S/C21H19N3O3/c25-20(23-18-9-10-18)17-3-1-4-19(13-17)27-21(26)16-7-5-15(6-8-16)14-24-12-2-11-22-24/h1-8,11-13,18H,9-10,14H2,(H,23,25). The van der Waals surface area contributed by atoms with Crippen molar-refractivity contribution in [1.82, 2.24) is 15.1 Å². The number of hydrogen-bond acceptors (Lipinski definition) is 4. The van der Waals surface area contributed by atoms with Gasteiger partial charge in [0.1, 0.15) is 5.75 Å². The number of nitrogens with one attached hydrogen (secondary N) is 1. The SMILES string of the molecule is O=C(NC1CC1)c1cccc(OC(=O)c2ccc(Cn3cccn3)cc2)c1. The van der Waals surface area contributed by atoms with Crippen molar-refractivity contribution >= 4 is 11.9 Å². The quantitative estimate of drug-likeness (QED) is 0.541. The predicted molar refractivity (Wildman–Crippen MR) is 99.7 cm³/mol. The van der Waals surface area contributed by atoms with Gasteiger partial charge in [0.05, 0.1) is 12.1 Å². The summed E-state index contributed by atoms with van der Waals surface area (Å²) in [6.45, 7) is 0.639. The lowest BCUT2D eigenvalue weighted by Gasteiger charge is -2.08. The van der Waals surface area contributed by atoms with Crippen LogP contribution >= 0.6 is 0 Å². The Morgan fingerprint density at radius 1 is 1.07 bits per heavy atom. The molecule has 1 heterocycles.